The zero-order valence-electron chi connectivity index (χ0n) is 19.0. The molecule has 0 bridgehead atoms. The molecule has 4 aliphatic rings. The molecule has 3 aliphatic carbocycles. The summed E-state index contributed by atoms with van der Waals surface area (Å²) in [7, 11) is 3.66. The Morgan fingerprint density at radius 1 is 1.16 bits per heavy atom. The van der Waals surface area contributed by atoms with Crippen LogP contribution in [0.4, 0.5) is 0 Å². The SMILES string of the molecule is COC[C@]1(OC)CCC2C3CCC4=COCCC4=C3[C@@H](c3ccc(C=O)cc3)C[C@@]21C. The number of carbonyl (C=O) groups excluding carboxylic acids is 1. The van der Waals surface area contributed by atoms with E-state index in [4.69, 9.17) is 14.2 Å². The Bertz CT molecular complexity index is 914. The molecule has 5 atom stereocenters. The van der Waals surface area contributed by atoms with Gasteiger partial charge < -0.3 is 14.2 Å². The fraction of sp³-hybridized carbons (Fsp3) is 0.593. The first-order valence-corrected chi connectivity index (χ1v) is 11.7. The van der Waals surface area contributed by atoms with Crippen LogP contribution in [0.1, 0.15) is 67.3 Å². The summed E-state index contributed by atoms with van der Waals surface area (Å²) in [6.07, 6.45) is 9.55. The topological polar surface area (TPSA) is 44.8 Å². The highest BCUT2D eigenvalue weighted by atomic mass is 16.5. The number of methoxy groups -OCH3 is 2. The molecular weight excluding hydrogens is 388 g/mol. The second-order valence-electron chi connectivity index (χ2n) is 10.1. The van der Waals surface area contributed by atoms with Crippen molar-refractivity contribution in [1.82, 2.24) is 0 Å². The third-order valence-electron chi connectivity index (χ3n) is 9.01. The molecule has 0 N–H and O–H groups in total. The van der Waals surface area contributed by atoms with E-state index in [0.717, 1.165) is 44.1 Å². The Kier molecular flexibility index (Phi) is 5.34. The minimum Gasteiger partial charge on any atom is -0.501 e. The van der Waals surface area contributed by atoms with Crippen LogP contribution in [-0.4, -0.2) is 39.3 Å². The third-order valence-corrected chi connectivity index (χ3v) is 9.01. The van der Waals surface area contributed by atoms with Crippen LogP contribution in [0.25, 0.3) is 0 Å². The molecule has 0 saturated heterocycles. The molecule has 1 aromatic rings. The molecule has 2 fully saturated rings. The van der Waals surface area contributed by atoms with Crippen LogP contribution in [0.15, 0.2) is 47.2 Å². The zero-order valence-corrected chi connectivity index (χ0v) is 19.0. The number of hydrogen-bond donors (Lipinski definition) is 0. The highest BCUT2D eigenvalue weighted by Gasteiger charge is 2.63. The van der Waals surface area contributed by atoms with Crippen LogP contribution in [0.2, 0.25) is 0 Å². The standard InChI is InChI=1S/C27H34O4/c1-26-14-23(19-6-4-18(15-28)5-7-19)25-21-11-13-31-16-20(21)8-9-22(25)24(26)10-12-27(26,30-3)17-29-2/h4-7,15-16,22-24H,8-14,17H2,1-3H3/t22?,23-,24?,26+,27-/m1/s1. The Hall–Kier alpha value is -1.91. The highest BCUT2D eigenvalue weighted by molar-refractivity contribution is 5.74. The van der Waals surface area contributed by atoms with Crippen molar-refractivity contribution < 1.29 is 19.0 Å². The molecule has 166 valence electrons. The molecule has 0 spiro atoms. The van der Waals surface area contributed by atoms with Gasteiger partial charge in [0.05, 0.1) is 25.1 Å². The third kappa shape index (κ3) is 3.06. The molecule has 5 rings (SSSR count). The smallest absolute Gasteiger partial charge is 0.150 e. The molecule has 4 heteroatoms. The monoisotopic (exact) mass is 422 g/mol. The van der Waals surface area contributed by atoms with E-state index in [-0.39, 0.29) is 11.0 Å². The summed E-state index contributed by atoms with van der Waals surface area (Å²) >= 11 is 0. The van der Waals surface area contributed by atoms with Crippen molar-refractivity contribution in [3.8, 4) is 0 Å². The van der Waals surface area contributed by atoms with Crippen LogP contribution in [0, 0.1) is 17.3 Å². The molecule has 1 aliphatic heterocycles. The fourth-order valence-electron chi connectivity index (χ4n) is 7.48. The molecule has 1 aromatic carbocycles. The van der Waals surface area contributed by atoms with Crippen LogP contribution < -0.4 is 0 Å². The Morgan fingerprint density at radius 2 is 1.97 bits per heavy atom. The molecule has 0 amide bonds. The van der Waals surface area contributed by atoms with Gasteiger partial charge in [0.1, 0.15) is 6.29 Å². The summed E-state index contributed by atoms with van der Waals surface area (Å²) in [5.74, 6) is 1.53. The minimum atomic E-state index is -0.241. The van der Waals surface area contributed by atoms with Gasteiger partial charge in [-0.1, -0.05) is 36.8 Å². The van der Waals surface area contributed by atoms with E-state index in [1.807, 2.05) is 25.5 Å². The van der Waals surface area contributed by atoms with Gasteiger partial charge in [0, 0.05) is 37.5 Å². The summed E-state index contributed by atoms with van der Waals surface area (Å²) < 4.78 is 17.7. The summed E-state index contributed by atoms with van der Waals surface area (Å²) in [5, 5.41) is 0. The lowest BCUT2D eigenvalue weighted by Crippen LogP contribution is -2.54. The van der Waals surface area contributed by atoms with Crippen LogP contribution in [0.5, 0.6) is 0 Å². The summed E-state index contributed by atoms with van der Waals surface area (Å²) in [6, 6.07) is 8.27. The van der Waals surface area contributed by atoms with Crippen molar-refractivity contribution in [3.05, 3.63) is 58.4 Å². The van der Waals surface area contributed by atoms with Crippen molar-refractivity contribution in [2.24, 2.45) is 17.3 Å². The van der Waals surface area contributed by atoms with Crippen LogP contribution >= 0.6 is 0 Å². The Balaban J connectivity index is 1.66. The van der Waals surface area contributed by atoms with Gasteiger partial charge in [-0.2, -0.15) is 0 Å². The Labute approximate surface area is 185 Å². The van der Waals surface area contributed by atoms with E-state index >= 15 is 0 Å². The van der Waals surface area contributed by atoms with Crippen molar-refractivity contribution in [1.29, 1.82) is 0 Å². The molecule has 0 aromatic heterocycles. The number of aldehydes is 1. The van der Waals surface area contributed by atoms with Gasteiger partial charge >= 0.3 is 0 Å². The molecule has 2 saturated carbocycles. The number of rotatable bonds is 5. The quantitative estimate of drug-likeness (QED) is 0.592. The number of ether oxygens (including phenoxy) is 3. The number of hydrogen-bond acceptors (Lipinski definition) is 4. The second-order valence-corrected chi connectivity index (χ2v) is 10.1. The van der Waals surface area contributed by atoms with Crippen LogP contribution in [-0.2, 0) is 14.2 Å². The maximum absolute atomic E-state index is 11.2. The van der Waals surface area contributed by atoms with E-state index in [9.17, 15) is 4.79 Å². The van der Waals surface area contributed by atoms with E-state index in [2.05, 4.69) is 19.1 Å². The molecule has 4 nitrogen and oxygen atoms in total. The van der Waals surface area contributed by atoms with Gasteiger partial charge in [-0.05, 0) is 60.6 Å². The number of allylic oxidation sites excluding steroid dienone is 2. The van der Waals surface area contributed by atoms with E-state index in [1.54, 1.807) is 18.3 Å². The van der Waals surface area contributed by atoms with E-state index in [0.29, 0.717) is 24.4 Å². The van der Waals surface area contributed by atoms with Crippen molar-refractivity contribution in [3.63, 3.8) is 0 Å². The average Bonchev–Trinajstić information content (AvgIpc) is 3.11. The largest absolute Gasteiger partial charge is 0.501 e. The van der Waals surface area contributed by atoms with Gasteiger partial charge in [0.15, 0.2) is 0 Å². The van der Waals surface area contributed by atoms with Gasteiger partial charge in [-0.25, -0.2) is 0 Å². The summed E-state index contributed by atoms with van der Waals surface area (Å²) in [6.45, 7) is 3.88. The van der Waals surface area contributed by atoms with Crippen molar-refractivity contribution >= 4 is 6.29 Å². The first kappa shape index (κ1) is 21.0. The fourth-order valence-corrected chi connectivity index (χ4v) is 7.48. The lowest BCUT2D eigenvalue weighted by molar-refractivity contribution is -0.149. The summed E-state index contributed by atoms with van der Waals surface area (Å²) in [5.41, 5.74) is 6.47. The highest BCUT2D eigenvalue weighted by Crippen LogP contribution is 2.67. The predicted octanol–water partition coefficient (Wildman–Crippen LogP) is 5.45. The predicted molar refractivity (Wildman–Crippen MR) is 120 cm³/mol. The van der Waals surface area contributed by atoms with Gasteiger partial charge in [0.2, 0.25) is 0 Å². The number of benzene rings is 1. The first-order valence-electron chi connectivity index (χ1n) is 11.7. The molecule has 31 heavy (non-hydrogen) atoms. The first-order chi connectivity index (χ1) is 15.1. The lowest BCUT2D eigenvalue weighted by Gasteiger charge is -2.55. The zero-order chi connectivity index (χ0) is 21.6. The van der Waals surface area contributed by atoms with Gasteiger partial charge in [-0.15, -0.1) is 0 Å². The lowest BCUT2D eigenvalue weighted by atomic mass is 9.51. The molecule has 0 radical (unpaired) electrons. The molecule has 2 unspecified atom stereocenters. The number of carbonyl (C=O) groups is 1. The van der Waals surface area contributed by atoms with Gasteiger partial charge in [0.25, 0.3) is 0 Å². The second kappa shape index (κ2) is 7.90. The van der Waals surface area contributed by atoms with Crippen LogP contribution in [0.3, 0.4) is 0 Å². The van der Waals surface area contributed by atoms with Crippen molar-refractivity contribution in [2.45, 2.75) is 57.0 Å². The van der Waals surface area contributed by atoms with E-state index < -0.39 is 0 Å². The van der Waals surface area contributed by atoms with Gasteiger partial charge in [-0.3, -0.25) is 4.79 Å². The Morgan fingerprint density at radius 3 is 2.68 bits per heavy atom. The molecular formula is C27H34O4. The maximum Gasteiger partial charge on any atom is 0.150 e. The molecule has 1 heterocycles. The number of fused-ring (bicyclic) bond motifs is 4. The summed E-state index contributed by atoms with van der Waals surface area (Å²) in [4.78, 5) is 11.2. The van der Waals surface area contributed by atoms with E-state index in [1.165, 1.54) is 24.0 Å². The van der Waals surface area contributed by atoms with Crippen molar-refractivity contribution in [2.75, 3.05) is 27.4 Å². The minimum absolute atomic E-state index is 0.0485. The average molecular weight is 423 g/mol. The normalized spacial score (nSPS) is 36.7. The maximum atomic E-state index is 11.2.